The zero-order valence-electron chi connectivity index (χ0n) is 19.4. The van der Waals surface area contributed by atoms with E-state index in [0.29, 0.717) is 12.8 Å². The van der Waals surface area contributed by atoms with Crippen molar-refractivity contribution in [2.24, 2.45) is 4.99 Å². The largest absolute Gasteiger partial charge is 0.463 e. The van der Waals surface area contributed by atoms with E-state index in [4.69, 9.17) is 16.3 Å². The number of carbonyl (C=O) groups is 1. The molecule has 1 aromatic heterocycles. The minimum absolute atomic E-state index is 0.0153. The van der Waals surface area contributed by atoms with E-state index in [2.05, 4.69) is 14.7 Å². The van der Waals surface area contributed by atoms with Crippen LogP contribution in [0.3, 0.4) is 0 Å². The molecule has 2 aliphatic heterocycles. The maximum atomic E-state index is 13.8. The quantitative estimate of drug-likeness (QED) is 0.488. The molecule has 198 valence electrons. The van der Waals surface area contributed by atoms with E-state index in [1.54, 1.807) is 6.92 Å². The summed E-state index contributed by atoms with van der Waals surface area (Å²) in [7, 11) is -7.88. The molecular weight excluding hydrogens is 567 g/mol. The highest BCUT2D eigenvalue weighted by Crippen LogP contribution is 2.43. The molecule has 0 bridgehead atoms. The molecule has 10 nitrogen and oxygen atoms in total. The number of benzene rings is 1. The maximum Gasteiger partial charge on any atom is 0.338 e. The second-order valence-electron chi connectivity index (χ2n) is 8.74. The fourth-order valence-electron chi connectivity index (χ4n) is 4.40. The normalized spacial score (nSPS) is 22.1. The topological polar surface area (TPSA) is 135 Å². The van der Waals surface area contributed by atoms with Gasteiger partial charge in [-0.2, -0.15) is 0 Å². The average molecular weight is 589 g/mol. The van der Waals surface area contributed by atoms with Crippen molar-refractivity contribution in [2.75, 3.05) is 13.2 Å². The van der Waals surface area contributed by atoms with Crippen molar-refractivity contribution in [3.05, 3.63) is 57.4 Å². The third-order valence-corrected chi connectivity index (χ3v) is 11.4. The molecule has 3 aliphatic rings. The first-order valence-electron chi connectivity index (χ1n) is 11.4. The highest BCUT2D eigenvalue weighted by Gasteiger charge is 2.47. The number of aliphatic imine (C=N–C) groups is 1. The fourth-order valence-corrected chi connectivity index (χ4v) is 8.57. The van der Waals surface area contributed by atoms with Crippen LogP contribution in [-0.4, -0.2) is 62.3 Å². The Balaban J connectivity index is 1.67. The van der Waals surface area contributed by atoms with Gasteiger partial charge in [-0.1, -0.05) is 17.7 Å². The molecule has 0 amide bonds. The van der Waals surface area contributed by atoms with E-state index in [-0.39, 0.29) is 45.8 Å². The predicted molar refractivity (Wildman–Crippen MR) is 135 cm³/mol. The molecule has 2 atom stereocenters. The van der Waals surface area contributed by atoms with Crippen molar-refractivity contribution < 1.29 is 30.8 Å². The highest BCUT2D eigenvalue weighted by atomic mass is 35.5. The van der Waals surface area contributed by atoms with Crippen LogP contribution in [-0.2, 0) is 29.4 Å². The van der Waals surface area contributed by atoms with Crippen LogP contribution in [0.2, 0.25) is 5.02 Å². The number of rotatable bonds is 7. The van der Waals surface area contributed by atoms with Gasteiger partial charge >= 0.3 is 5.97 Å². The molecule has 15 heteroatoms. The fraction of sp³-hybridized carbons (Fsp3) is 0.409. The van der Waals surface area contributed by atoms with Gasteiger partial charge in [-0.25, -0.2) is 40.7 Å². The number of aromatic nitrogens is 1. The number of sulfonamides is 1. The minimum Gasteiger partial charge on any atom is -0.463 e. The second kappa shape index (κ2) is 9.73. The third kappa shape index (κ3) is 4.92. The number of hydrogen-bond donors (Lipinski definition) is 1. The van der Waals surface area contributed by atoms with E-state index < -0.39 is 54.1 Å². The molecule has 37 heavy (non-hydrogen) atoms. The molecular formula is C22H22ClFN4O6S3. The van der Waals surface area contributed by atoms with Gasteiger partial charge in [0.15, 0.2) is 0 Å². The Bertz CT molecular complexity index is 1520. The van der Waals surface area contributed by atoms with Crippen LogP contribution in [0.1, 0.15) is 37.8 Å². The summed E-state index contributed by atoms with van der Waals surface area (Å²) in [6.07, 6.45) is 2.46. The standard InChI is InChI=1S/C22H22ClFN4O6S3/c1-2-34-20(29)18-17-10-13(27-37(32,33)14-4-5-14)11-28(17)21(36(30,31)22-25-7-8-35-22)26-19(18)15-6-3-12(24)9-16(15)23/h3,6-9,13-14,19,27H,2,4-5,10-11H2,1H3/t13-,19-/m0/s1. The molecule has 2 aromatic rings. The van der Waals surface area contributed by atoms with Crippen LogP contribution in [0.4, 0.5) is 4.39 Å². The second-order valence-corrected chi connectivity index (χ2v) is 14.0. The average Bonchev–Trinajstić information content (AvgIpc) is 3.39. The Kier molecular flexibility index (Phi) is 6.90. The number of nitrogens with one attached hydrogen (secondary N) is 1. The van der Waals surface area contributed by atoms with Crippen LogP contribution in [0, 0.1) is 5.82 Å². The number of amidine groups is 1. The maximum absolute atomic E-state index is 13.8. The van der Waals surface area contributed by atoms with Gasteiger partial charge in [-0.15, -0.1) is 11.3 Å². The van der Waals surface area contributed by atoms with Crippen molar-refractivity contribution in [3.8, 4) is 0 Å². The lowest BCUT2D eigenvalue weighted by molar-refractivity contribution is -0.139. The molecule has 1 N–H and O–H groups in total. The summed E-state index contributed by atoms with van der Waals surface area (Å²) in [6, 6.07) is 1.55. The molecule has 0 radical (unpaired) electrons. The zero-order valence-corrected chi connectivity index (χ0v) is 22.6. The lowest BCUT2D eigenvalue weighted by Gasteiger charge is -2.31. The molecule has 3 heterocycles. The van der Waals surface area contributed by atoms with Gasteiger partial charge in [0, 0.05) is 46.9 Å². The van der Waals surface area contributed by atoms with Gasteiger partial charge in [-0.05, 0) is 31.9 Å². The Morgan fingerprint density at radius 2 is 2.05 bits per heavy atom. The number of thiazole rings is 1. The van der Waals surface area contributed by atoms with Crippen LogP contribution >= 0.6 is 22.9 Å². The number of carbonyl (C=O) groups excluding carboxylic acids is 1. The van der Waals surface area contributed by atoms with Crippen molar-refractivity contribution in [1.82, 2.24) is 14.6 Å². The summed E-state index contributed by atoms with van der Waals surface area (Å²) in [5, 5.41) is 0.562. The first kappa shape index (κ1) is 26.2. The Morgan fingerprint density at radius 1 is 1.30 bits per heavy atom. The number of halogens is 2. The van der Waals surface area contributed by atoms with Gasteiger partial charge in [0.1, 0.15) is 11.9 Å². The lowest BCUT2D eigenvalue weighted by atomic mass is 9.95. The Morgan fingerprint density at radius 3 is 2.68 bits per heavy atom. The number of esters is 1. The van der Waals surface area contributed by atoms with Crippen LogP contribution in [0.25, 0.3) is 0 Å². The molecule has 0 unspecified atom stereocenters. The van der Waals surface area contributed by atoms with Gasteiger partial charge < -0.3 is 9.64 Å². The van der Waals surface area contributed by atoms with Crippen molar-refractivity contribution >= 4 is 53.9 Å². The molecule has 1 saturated heterocycles. The van der Waals surface area contributed by atoms with Crippen molar-refractivity contribution in [3.63, 3.8) is 0 Å². The summed E-state index contributed by atoms with van der Waals surface area (Å²) < 4.78 is 74.1. The first-order valence-corrected chi connectivity index (χ1v) is 15.7. The van der Waals surface area contributed by atoms with E-state index >= 15 is 0 Å². The Labute approximate surface area is 222 Å². The predicted octanol–water partition coefficient (Wildman–Crippen LogP) is 2.79. The van der Waals surface area contributed by atoms with Crippen molar-refractivity contribution in [2.45, 2.75) is 47.9 Å². The van der Waals surface area contributed by atoms with Gasteiger partial charge in [0.05, 0.1) is 17.4 Å². The van der Waals surface area contributed by atoms with Gasteiger partial charge in [0.2, 0.25) is 19.5 Å². The third-order valence-electron chi connectivity index (χ3n) is 6.15. The van der Waals surface area contributed by atoms with Crippen molar-refractivity contribution in [1.29, 1.82) is 0 Å². The first-order chi connectivity index (χ1) is 17.5. The van der Waals surface area contributed by atoms with E-state index in [9.17, 15) is 26.0 Å². The van der Waals surface area contributed by atoms with Gasteiger partial charge in [-0.3, -0.25) is 0 Å². The summed E-state index contributed by atoms with van der Waals surface area (Å²) in [4.78, 5) is 22.9. The van der Waals surface area contributed by atoms with Crippen LogP contribution in [0.15, 0.2) is 50.4 Å². The monoisotopic (exact) mass is 588 g/mol. The highest BCUT2D eigenvalue weighted by molar-refractivity contribution is 8.07. The lowest BCUT2D eigenvalue weighted by Crippen LogP contribution is -2.42. The molecule has 1 aromatic carbocycles. The number of ether oxygens (including phenoxy) is 1. The number of fused-ring (bicyclic) bond motifs is 1. The van der Waals surface area contributed by atoms with E-state index in [0.717, 1.165) is 23.5 Å². The molecule has 0 spiro atoms. The summed E-state index contributed by atoms with van der Waals surface area (Å²) >= 11 is 7.22. The summed E-state index contributed by atoms with van der Waals surface area (Å²) in [5.41, 5.74) is 0.464. The summed E-state index contributed by atoms with van der Waals surface area (Å²) in [6.45, 7) is 1.58. The molecule has 1 aliphatic carbocycles. The van der Waals surface area contributed by atoms with Gasteiger partial charge in [0.25, 0.3) is 9.84 Å². The van der Waals surface area contributed by atoms with E-state index in [1.807, 2.05) is 0 Å². The van der Waals surface area contributed by atoms with Crippen LogP contribution < -0.4 is 4.72 Å². The molecule has 5 rings (SSSR count). The van der Waals surface area contributed by atoms with E-state index in [1.165, 1.54) is 22.5 Å². The number of sulfone groups is 1. The summed E-state index contributed by atoms with van der Waals surface area (Å²) in [5.74, 6) is -1.38. The Hall–Kier alpha value is -2.39. The smallest absolute Gasteiger partial charge is 0.338 e. The SMILES string of the molecule is CCOC(=O)C1=C2C[C@H](NS(=O)(=O)C3CC3)CN2C(S(=O)(=O)c2nccs2)=N[C@H]1c1ccc(F)cc1Cl. The number of nitrogens with zero attached hydrogens (tertiary/aromatic N) is 3. The number of hydrogen-bond acceptors (Lipinski definition) is 10. The zero-order chi connectivity index (χ0) is 26.5. The van der Waals surface area contributed by atoms with Crippen LogP contribution in [0.5, 0.6) is 0 Å². The molecule has 1 saturated carbocycles. The molecule has 2 fully saturated rings. The minimum atomic E-state index is -4.26.